The summed E-state index contributed by atoms with van der Waals surface area (Å²) >= 11 is 3.29. The first kappa shape index (κ1) is 14.0. The summed E-state index contributed by atoms with van der Waals surface area (Å²) < 4.78 is 24.4. The van der Waals surface area contributed by atoms with Crippen LogP contribution in [-0.4, -0.2) is 7.11 Å². The van der Waals surface area contributed by atoms with Crippen molar-refractivity contribution < 1.29 is 13.9 Å². The van der Waals surface area contributed by atoms with E-state index >= 15 is 0 Å². The molecule has 0 fully saturated rings. The first-order chi connectivity index (χ1) is 9.22. The number of methoxy groups -OCH3 is 1. The molecule has 2 nitrogen and oxygen atoms in total. The van der Waals surface area contributed by atoms with Crippen molar-refractivity contribution in [2.24, 2.45) is 0 Å². The largest absolute Gasteiger partial charge is 0.454 e. The number of hydrogen-bond acceptors (Lipinski definition) is 2. The Kier molecular flexibility index (Phi) is 4.93. The SMILES string of the molecule is COCc1cccc(Oc2ccc(CBr)cc2F)c1. The van der Waals surface area contributed by atoms with Gasteiger partial charge in [-0.15, -0.1) is 0 Å². The Hall–Kier alpha value is -1.39. The molecule has 0 aliphatic carbocycles. The maximum atomic E-state index is 13.8. The average molecular weight is 325 g/mol. The molecule has 0 amide bonds. The molecule has 0 atom stereocenters. The van der Waals surface area contributed by atoms with Gasteiger partial charge < -0.3 is 9.47 Å². The predicted octanol–water partition coefficient (Wildman–Crippen LogP) is 4.66. The number of halogens is 2. The molecule has 0 aliphatic rings. The molecule has 0 spiro atoms. The Bertz CT molecular complexity index is 558. The molecular formula is C15H14BrFO2. The lowest BCUT2D eigenvalue weighted by Crippen LogP contribution is -1.92. The van der Waals surface area contributed by atoms with E-state index < -0.39 is 0 Å². The highest BCUT2D eigenvalue weighted by atomic mass is 79.9. The summed E-state index contributed by atoms with van der Waals surface area (Å²) in [4.78, 5) is 0. The lowest BCUT2D eigenvalue weighted by molar-refractivity contribution is 0.184. The monoisotopic (exact) mass is 324 g/mol. The zero-order valence-corrected chi connectivity index (χ0v) is 12.1. The van der Waals surface area contributed by atoms with Gasteiger partial charge in [0, 0.05) is 12.4 Å². The molecular weight excluding hydrogens is 311 g/mol. The van der Waals surface area contributed by atoms with Crippen LogP contribution in [0.25, 0.3) is 0 Å². The molecule has 0 radical (unpaired) electrons. The average Bonchev–Trinajstić information content (AvgIpc) is 2.42. The van der Waals surface area contributed by atoms with Crippen LogP contribution < -0.4 is 4.74 Å². The second-order valence-corrected chi connectivity index (χ2v) is 4.64. The first-order valence-electron chi connectivity index (χ1n) is 5.83. The molecule has 0 bridgehead atoms. The second kappa shape index (κ2) is 6.68. The minimum absolute atomic E-state index is 0.222. The van der Waals surface area contributed by atoms with Gasteiger partial charge >= 0.3 is 0 Å². The van der Waals surface area contributed by atoms with Crippen molar-refractivity contribution in [2.75, 3.05) is 7.11 Å². The van der Waals surface area contributed by atoms with E-state index in [1.165, 1.54) is 6.07 Å². The molecule has 19 heavy (non-hydrogen) atoms. The van der Waals surface area contributed by atoms with Crippen LogP contribution in [0.5, 0.6) is 11.5 Å². The molecule has 4 heteroatoms. The van der Waals surface area contributed by atoms with Crippen LogP contribution in [0.15, 0.2) is 42.5 Å². The topological polar surface area (TPSA) is 18.5 Å². The van der Waals surface area contributed by atoms with Crippen molar-refractivity contribution in [3.05, 3.63) is 59.4 Å². The Morgan fingerprint density at radius 2 is 1.95 bits per heavy atom. The van der Waals surface area contributed by atoms with Crippen LogP contribution in [0, 0.1) is 5.82 Å². The number of alkyl halides is 1. The van der Waals surface area contributed by atoms with Gasteiger partial charge in [0.1, 0.15) is 5.75 Å². The van der Waals surface area contributed by atoms with Crippen molar-refractivity contribution in [3.63, 3.8) is 0 Å². The standard InChI is InChI=1S/C15H14BrFO2/c1-18-10-12-3-2-4-13(7-12)19-15-6-5-11(9-16)8-14(15)17/h2-8H,9-10H2,1H3. The van der Waals surface area contributed by atoms with Gasteiger partial charge in [-0.1, -0.05) is 34.1 Å². The van der Waals surface area contributed by atoms with Crippen LogP contribution in [0.3, 0.4) is 0 Å². The van der Waals surface area contributed by atoms with Gasteiger partial charge in [0.25, 0.3) is 0 Å². The molecule has 0 aromatic heterocycles. The van der Waals surface area contributed by atoms with E-state index in [2.05, 4.69) is 15.9 Å². The third-order valence-electron chi connectivity index (χ3n) is 2.59. The lowest BCUT2D eigenvalue weighted by Gasteiger charge is -2.09. The van der Waals surface area contributed by atoms with E-state index in [1.54, 1.807) is 19.2 Å². The minimum Gasteiger partial charge on any atom is -0.454 e. The summed E-state index contributed by atoms with van der Waals surface area (Å²) in [6.07, 6.45) is 0. The number of rotatable bonds is 5. The van der Waals surface area contributed by atoms with Crippen LogP contribution >= 0.6 is 15.9 Å². The molecule has 0 N–H and O–H groups in total. The van der Waals surface area contributed by atoms with E-state index in [9.17, 15) is 4.39 Å². The summed E-state index contributed by atoms with van der Waals surface area (Å²) in [6, 6.07) is 12.3. The number of hydrogen-bond donors (Lipinski definition) is 0. The molecule has 0 saturated heterocycles. The molecule has 2 aromatic rings. The van der Waals surface area contributed by atoms with Gasteiger partial charge in [-0.2, -0.15) is 0 Å². The predicted molar refractivity (Wildman–Crippen MR) is 76.3 cm³/mol. The van der Waals surface area contributed by atoms with Crippen LogP contribution in [0.2, 0.25) is 0 Å². The normalized spacial score (nSPS) is 10.5. The summed E-state index contributed by atoms with van der Waals surface area (Å²) in [5, 5.41) is 0.619. The van der Waals surface area contributed by atoms with E-state index in [-0.39, 0.29) is 11.6 Å². The summed E-state index contributed by atoms with van der Waals surface area (Å²) in [5.74, 6) is 0.452. The highest BCUT2D eigenvalue weighted by molar-refractivity contribution is 9.08. The third kappa shape index (κ3) is 3.78. The molecule has 0 heterocycles. The lowest BCUT2D eigenvalue weighted by atomic mass is 10.2. The molecule has 100 valence electrons. The third-order valence-corrected chi connectivity index (χ3v) is 3.24. The van der Waals surface area contributed by atoms with Gasteiger partial charge in [0.2, 0.25) is 0 Å². The molecule has 0 saturated carbocycles. The zero-order valence-electron chi connectivity index (χ0n) is 10.5. The molecule has 2 aromatic carbocycles. The van der Waals surface area contributed by atoms with Crippen molar-refractivity contribution >= 4 is 15.9 Å². The smallest absolute Gasteiger partial charge is 0.166 e. The van der Waals surface area contributed by atoms with Crippen LogP contribution in [-0.2, 0) is 16.7 Å². The fourth-order valence-electron chi connectivity index (χ4n) is 1.70. The summed E-state index contributed by atoms with van der Waals surface area (Å²) in [5.41, 5.74) is 1.86. The first-order valence-corrected chi connectivity index (χ1v) is 6.95. The van der Waals surface area contributed by atoms with Crippen molar-refractivity contribution in [1.82, 2.24) is 0 Å². The maximum absolute atomic E-state index is 13.8. The van der Waals surface area contributed by atoms with Crippen molar-refractivity contribution in [2.45, 2.75) is 11.9 Å². The van der Waals surface area contributed by atoms with Crippen LogP contribution in [0.4, 0.5) is 4.39 Å². The highest BCUT2D eigenvalue weighted by Crippen LogP contribution is 2.26. The second-order valence-electron chi connectivity index (χ2n) is 4.08. The van der Waals surface area contributed by atoms with E-state index in [0.717, 1.165) is 11.1 Å². The molecule has 0 aliphatic heterocycles. The Morgan fingerprint density at radius 1 is 1.11 bits per heavy atom. The highest BCUT2D eigenvalue weighted by Gasteiger charge is 2.06. The van der Waals surface area contributed by atoms with Gasteiger partial charge in [-0.05, 0) is 35.4 Å². The van der Waals surface area contributed by atoms with Gasteiger partial charge in [0.05, 0.1) is 6.61 Å². The molecule has 2 rings (SSSR count). The zero-order chi connectivity index (χ0) is 13.7. The van der Waals surface area contributed by atoms with Gasteiger partial charge in [0.15, 0.2) is 11.6 Å². The van der Waals surface area contributed by atoms with Gasteiger partial charge in [-0.25, -0.2) is 4.39 Å². The van der Waals surface area contributed by atoms with Gasteiger partial charge in [-0.3, -0.25) is 0 Å². The Labute approximate surface area is 120 Å². The summed E-state index contributed by atoms with van der Waals surface area (Å²) in [6.45, 7) is 0.502. The fraction of sp³-hybridized carbons (Fsp3) is 0.200. The van der Waals surface area contributed by atoms with Crippen molar-refractivity contribution in [1.29, 1.82) is 0 Å². The van der Waals surface area contributed by atoms with Crippen molar-refractivity contribution in [3.8, 4) is 11.5 Å². The molecule has 0 unspecified atom stereocenters. The number of benzene rings is 2. The Balaban J connectivity index is 2.18. The Morgan fingerprint density at radius 3 is 2.63 bits per heavy atom. The maximum Gasteiger partial charge on any atom is 0.166 e. The quantitative estimate of drug-likeness (QED) is 0.745. The van der Waals surface area contributed by atoms with E-state index in [0.29, 0.717) is 17.7 Å². The van der Waals surface area contributed by atoms with Crippen LogP contribution in [0.1, 0.15) is 11.1 Å². The fourth-order valence-corrected chi connectivity index (χ4v) is 2.05. The van der Waals surface area contributed by atoms with E-state index in [1.807, 2.05) is 24.3 Å². The number of ether oxygens (including phenoxy) is 2. The summed E-state index contributed by atoms with van der Waals surface area (Å²) in [7, 11) is 1.63. The van der Waals surface area contributed by atoms with E-state index in [4.69, 9.17) is 9.47 Å². The minimum atomic E-state index is -0.367.